The number of nitrogens with zero attached hydrogens (tertiary/aromatic N) is 2. The van der Waals surface area contributed by atoms with Gasteiger partial charge in [0, 0.05) is 17.2 Å². The molecule has 0 saturated carbocycles. The van der Waals surface area contributed by atoms with Crippen molar-refractivity contribution >= 4 is 63.3 Å². The molecule has 0 aromatic heterocycles. The van der Waals surface area contributed by atoms with Crippen LogP contribution in [0.1, 0.15) is 20.3 Å². The first-order valence-corrected chi connectivity index (χ1v) is 8.30. The number of rotatable bonds is 4. The van der Waals surface area contributed by atoms with Gasteiger partial charge in [-0.2, -0.15) is 5.10 Å². The van der Waals surface area contributed by atoms with E-state index in [2.05, 4.69) is 20.8 Å². The Morgan fingerprint density at radius 2 is 2.13 bits per heavy atom. The molecule has 1 atom stereocenters. The molecule has 122 valence electrons. The van der Waals surface area contributed by atoms with Crippen molar-refractivity contribution in [2.45, 2.75) is 25.5 Å². The fourth-order valence-corrected chi connectivity index (χ4v) is 2.95. The third kappa shape index (κ3) is 5.23. The van der Waals surface area contributed by atoms with Crippen molar-refractivity contribution in [1.29, 1.82) is 0 Å². The summed E-state index contributed by atoms with van der Waals surface area (Å²) in [4.78, 5) is 23.9. The molecular weight excluding hydrogens is 359 g/mol. The number of carbonyl (C=O) groups is 2. The quantitative estimate of drug-likeness (QED) is 0.628. The first kappa shape index (κ1) is 17.8. The molecule has 0 spiro atoms. The van der Waals surface area contributed by atoms with Crippen molar-refractivity contribution in [3.63, 3.8) is 0 Å². The number of amidine groups is 1. The highest BCUT2D eigenvalue weighted by Gasteiger charge is 2.32. The van der Waals surface area contributed by atoms with E-state index in [0.717, 1.165) is 5.71 Å². The minimum Gasteiger partial charge on any atom is -0.325 e. The summed E-state index contributed by atoms with van der Waals surface area (Å²) in [6, 6.07) is 4.76. The molecule has 2 rings (SSSR count). The Morgan fingerprint density at radius 1 is 1.39 bits per heavy atom. The molecule has 1 aliphatic heterocycles. The predicted molar refractivity (Wildman–Crippen MR) is 95.4 cm³/mol. The highest BCUT2D eigenvalue weighted by molar-refractivity contribution is 8.15. The van der Waals surface area contributed by atoms with Crippen LogP contribution < -0.4 is 10.6 Å². The smallest absolute Gasteiger partial charge is 0.240 e. The summed E-state index contributed by atoms with van der Waals surface area (Å²) in [5, 5.41) is 13.7. The zero-order chi connectivity index (χ0) is 17.0. The summed E-state index contributed by atoms with van der Waals surface area (Å²) >= 11 is 13.0. The van der Waals surface area contributed by atoms with Crippen LogP contribution in [0, 0.1) is 0 Å². The van der Waals surface area contributed by atoms with Gasteiger partial charge in [0.25, 0.3) is 0 Å². The highest BCUT2D eigenvalue weighted by atomic mass is 35.5. The summed E-state index contributed by atoms with van der Waals surface area (Å²) < 4.78 is 0. The lowest BCUT2D eigenvalue weighted by atomic mass is 10.2. The van der Waals surface area contributed by atoms with Crippen LogP contribution in [0.5, 0.6) is 0 Å². The van der Waals surface area contributed by atoms with Gasteiger partial charge in [0.15, 0.2) is 5.17 Å². The van der Waals surface area contributed by atoms with E-state index in [0.29, 0.717) is 20.9 Å². The Hall–Kier alpha value is -1.57. The van der Waals surface area contributed by atoms with Gasteiger partial charge in [0.1, 0.15) is 5.25 Å². The average molecular weight is 373 g/mol. The Morgan fingerprint density at radius 3 is 2.83 bits per heavy atom. The van der Waals surface area contributed by atoms with E-state index >= 15 is 0 Å². The number of hydrogen-bond donors (Lipinski definition) is 2. The molecule has 9 heteroatoms. The Kier molecular flexibility index (Phi) is 6.04. The topological polar surface area (TPSA) is 82.9 Å². The molecule has 1 aliphatic rings. The number of carbonyl (C=O) groups excluding carboxylic acids is 2. The minimum absolute atomic E-state index is 0.00676. The molecule has 6 nitrogen and oxygen atoms in total. The second-order valence-corrected chi connectivity index (χ2v) is 6.96. The summed E-state index contributed by atoms with van der Waals surface area (Å²) in [7, 11) is 0. The van der Waals surface area contributed by atoms with E-state index in [1.54, 1.807) is 32.0 Å². The molecule has 1 aromatic rings. The number of anilines is 1. The summed E-state index contributed by atoms with van der Waals surface area (Å²) in [5.41, 5.74) is 1.18. The molecule has 1 saturated heterocycles. The van der Waals surface area contributed by atoms with Gasteiger partial charge in [-0.05, 0) is 32.0 Å². The largest absolute Gasteiger partial charge is 0.325 e. The van der Waals surface area contributed by atoms with Gasteiger partial charge in [0.05, 0.1) is 10.7 Å². The maximum Gasteiger partial charge on any atom is 0.240 e. The monoisotopic (exact) mass is 372 g/mol. The van der Waals surface area contributed by atoms with Crippen LogP contribution in [0.2, 0.25) is 10.0 Å². The normalized spacial score (nSPS) is 18.7. The van der Waals surface area contributed by atoms with Crippen LogP contribution in [0.15, 0.2) is 28.4 Å². The van der Waals surface area contributed by atoms with Crippen LogP contribution in [-0.2, 0) is 9.59 Å². The fraction of sp³-hybridized carbons (Fsp3) is 0.286. The SMILES string of the molecule is CC(C)=N/N=C1/NC(=O)[C@H](CC(=O)Nc2cc(Cl)ccc2Cl)S1. The minimum atomic E-state index is -0.556. The Labute approximate surface area is 147 Å². The second kappa shape index (κ2) is 7.81. The fourth-order valence-electron chi connectivity index (χ4n) is 1.69. The third-order valence-corrected chi connectivity index (χ3v) is 4.33. The number of nitrogens with one attached hydrogen (secondary N) is 2. The maximum absolute atomic E-state index is 12.1. The van der Waals surface area contributed by atoms with Crippen LogP contribution in [0.3, 0.4) is 0 Å². The van der Waals surface area contributed by atoms with Gasteiger partial charge in [-0.15, -0.1) is 5.10 Å². The molecule has 0 aliphatic carbocycles. The molecule has 23 heavy (non-hydrogen) atoms. The van der Waals surface area contributed by atoms with Gasteiger partial charge in [-0.3, -0.25) is 9.59 Å². The van der Waals surface area contributed by atoms with Gasteiger partial charge >= 0.3 is 0 Å². The van der Waals surface area contributed by atoms with E-state index in [4.69, 9.17) is 23.2 Å². The molecule has 2 amide bonds. The van der Waals surface area contributed by atoms with Crippen molar-refractivity contribution in [3.8, 4) is 0 Å². The van der Waals surface area contributed by atoms with Crippen molar-refractivity contribution < 1.29 is 9.59 Å². The summed E-state index contributed by atoms with van der Waals surface area (Å²) in [6.45, 7) is 3.59. The van der Waals surface area contributed by atoms with Crippen LogP contribution in [-0.4, -0.2) is 27.9 Å². The molecule has 1 heterocycles. The maximum atomic E-state index is 12.1. The zero-order valence-electron chi connectivity index (χ0n) is 12.4. The van der Waals surface area contributed by atoms with Crippen molar-refractivity contribution in [2.75, 3.05) is 5.32 Å². The number of amides is 2. The van der Waals surface area contributed by atoms with Crippen molar-refractivity contribution in [1.82, 2.24) is 5.32 Å². The molecular formula is C14H14Cl2N4O2S. The van der Waals surface area contributed by atoms with E-state index in [-0.39, 0.29) is 18.2 Å². The predicted octanol–water partition coefficient (Wildman–Crippen LogP) is 3.31. The van der Waals surface area contributed by atoms with Crippen LogP contribution in [0.25, 0.3) is 0 Å². The number of halogens is 2. The van der Waals surface area contributed by atoms with E-state index in [1.165, 1.54) is 11.8 Å². The standard InChI is InChI=1S/C14H14Cl2N4O2S/c1-7(2)19-20-14-18-13(22)11(23-14)6-12(21)17-10-5-8(15)3-4-9(10)16/h3-5,11H,6H2,1-2H3,(H,17,21)(H,18,20,22)/t11-/m0/s1. The lowest BCUT2D eigenvalue weighted by Crippen LogP contribution is -2.28. The third-order valence-electron chi connectivity index (χ3n) is 2.69. The highest BCUT2D eigenvalue weighted by Crippen LogP contribution is 2.27. The number of benzene rings is 1. The Bertz CT molecular complexity index is 702. The van der Waals surface area contributed by atoms with Crippen LogP contribution >= 0.6 is 35.0 Å². The Balaban J connectivity index is 1.98. The zero-order valence-corrected chi connectivity index (χ0v) is 14.7. The van der Waals surface area contributed by atoms with E-state index < -0.39 is 5.25 Å². The summed E-state index contributed by atoms with van der Waals surface area (Å²) in [6.07, 6.45) is -0.00676. The molecule has 0 radical (unpaired) electrons. The summed E-state index contributed by atoms with van der Waals surface area (Å²) in [5.74, 6) is -0.608. The second-order valence-electron chi connectivity index (χ2n) is 4.92. The van der Waals surface area contributed by atoms with E-state index in [1.807, 2.05) is 0 Å². The van der Waals surface area contributed by atoms with Gasteiger partial charge in [0.2, 0.25) is 11.8 Å². The lowest BCUT2D eigenvalue weighted by molar-refractivity contribution is -0.122. The van der Waals surface area contributed by atoms with Crippen molar-refractivity contribution in [2.24, 2.45) is 10.2 Å². The van der Waals surface area contributed by atoms with E-state index in [9.17, 15) is 9.59 Å². The van der Waals surface area contributed by atoms with Gasteiger partial charge < -0.3 is 10.6 Å². The van der Waals surface area contributed by atoms with Crippen LogP contribution in [0.4, 0.5) is 5.69 Å². The first-order chi connectivity index (χ1) is 10.8. The molecule has 2 N–H and O–H groups in total. The molecule has 1 fully saturated rings. The van der Waals surface area contributed by atoms with Gasteiger partial charge in [-0.25, -0.2) is 0 Å². The van der Waals surface area contributed by atoms with Crippen molar-refractivity contribution in [3.05, 3.63) is 28.2 Å². The molecule has 1 aromatic carbocycles. The average Bonchev–Trinajstić information content (AvgIpc) is 2.81. The number of hydrogen-bond acceptors (Lipinski definition) is 5. The first-order valence-electron chi connectivity index (χ1n) is 6.66. The molecule has 0 bridgehead atoms. The lowest BCUT2D eigenvalue weighted by Gasteiger charge is -2.09. The van der Waals surface area contributed by atoms with Gasteiger partial charge in [-0.1, -0.05) is 35.0 Å². The number of thioether (sulfide) groups is 1. The molecule has 0 unspecified atom stereocenters.